The van der Waals surface area contributed by atoms with E-state index in [4.69, 9.17) is 0 Å². The second-order valence-corrected chi connectivity index (χ2v) is 6.70. The molecule has 0 radical (unpaired) electrons. The van der Waals surface area contributed by atoms with Gasteiger partial charge in [0.25, 0.3) is 0 Å². The van der Waals surface area contributed by atoms with Gasteiger partial charge in [-0.1, -0.05) is 25.7 Å². The van der Waals surface area contributed by atoms with Gasteiger partial charge in [0.1, 0.15) is 19.1 Å². The maximum atomic E-state index is 12.4. The van der Waals surface area contributed by atoms with Crippen molar-refractivity contribution >= 4 is 17.7 Å². The highest BCUT2D eigenvalue weighted by Crippen LogP contribution is 2.23. The summed E-state index contributed by atoms with van der Waals surface area (Å²) < 4.78 is 0. The maximum Gasteiger partial charge on any atom is 0.246 e. The van der Waals surface area contributed by atoms with E-state index in [2.05, 4.69) is 5.32 Å². The van der Waals surface area contributed by atoms with Crippen LogP contribution in [0.2, 0.25) is 0 Å². The molecule has 22 heavy (non-hydrogen) atoms. The van der Waals surface area contributed by atoms with Gasteiger partial charge in [-0.25, -0.2) is 0 Å². The van der Waals surface area contributed by atoms with Crippen LogP contribution in [0.4, 0.5) is 0 Å². The van der Waals surface area contributed by atoms with Gasteiger partial charge in [-0.3, -0.25) is 14.4 Å². The van der Waals surface area contributed by atoms with Gasteiger partial charge in [0.15, 0.2) is 0 Å². The van der Waals surface area contributed by atoms with Crippen LogP contribution in [0, 0.1) is 0 Å². The van der Waals surface area contributed by atoms with Crippen LogP contribution in [0.15, 0.2) is 0 Å². The molecule has 6 heteroatoms. The van der Waals surface area contributed by atoms with Gasteiger partial charge >= 0.3 is 0 Å². The second-order valence-electron chi connectivity index (χ2n) is 6.70. The second kappa shape index (κ2) is 6.67. The quantitative estimate of drug-likeness (QED) is 0.779. The number of piperazine rings is 1. The first-order valence-electron chi connectivity index (χ1n) is 8.53. The number of nitrogens with zero attached hydrogens (tertiary/aromatic N) is 2. The van der Waals surface area contributed by atoms with E-state index in [1.54, 1.807) is 4.90 Å². The number of amides is 3. The van der Waals surface area contributed by atoms with E-state index in [9.17, 15) is 14.4 Å². The van der Waals surface area contributed by atoms with Crippen molar-refractivity contribution in [2.75, 3.05) is 19.6 Å². The molecule has 1 unspecified atom stereocenters. The van der Waals surface area contributed by atoms with Crippen molar-refractivity contribution < 1.29 is 14.4 Å². The summed E-state index contributed by atoms with van der Waals surface area (Å²) in [6.45, 7) is 0.746. The van der Waals surface area contributed by atoms with Crippen LogP contribution in [0.25, 0.3) is 0 Å². The number of rotatable bonds is 3. The molecule has 0 aromatic heterocycles. The van der Waals surface area contributed by atoms with Crippen molar-refractivity contribution in [3.05, 3.63) is 0 Å². The summed E-state index contributed by atoms with van der Waals surface area (Å²) in [6, 6.07) is -0.0968. The SMILES string of the molecule is O=C(CN1CC(=O)N2CCCC2C1=O)NC1CCCCCC1. The van der Waals surface area contributed by atoms with Crippen LogP contribution >= 0.6 is 0 Å². The largest absolute Gasteiger partial charge is 0.352 e. The van der Waals surface area contributed by atoms with Gasteiger partial charge in [0.2, 0.25) is 17.7 Å². The number of fused-ring (bicyclic) bond motifs is 1. The minimum absolute atomic E-state index is 0.0193. The zero-order chi connectivity index (χ0) is 15.5. The molecule has 3 rings (SSSR count). The summed E-state index contributed by atoms with van der Waals surface area (Å²) >= 11 is 0. The third-order valence-corrected chi connectivity index (χ3v) is 5.05. The fourth-order valence-electron chi connectivity index (χ4n) is 3.87. The third-order valence-electron chi connectivity index (χ3n) is 5.05. The summed E-state index contributed by atoms with van der Waals surface area (Å²) in [4.78, 5) is 39.7. The van der Waals surface area contributed by atoms with Gasteiger partial charge in [-0.2, -0.15) is 0 Å². The monoisotopic (exact) mass is 307 g/mol. The molecular formula is C16H25N3O3. The molecule has 3 fully saturated rings. The average Bonchev–Trinajstić information content (AvgIpc) is 2.85. The lowest BCUT2D eigenvalue weighted by Gasteiger charge is -2.36. The molecule has 1 aliphatic carbocycles. The van der Waals surface area contributed by atoms with Crippen LogP contribution in [-0.4, -0.2) is 59.2 Å². The highest BCUT2D eigenvalue weighted by Gasteiger charge is 2.42. The van der Waals surface area contributed by atoms with E-state index in [1.165, 1.54) is 17.7 Å². The van der Waals surface area contributed by atoms with Crippen molar-refractivity contribution in [1.82, 2.24) is 15.1 Å². The molecule has 1 saturated carbocycles. The lowest BCUT2D eigenvalue weighted by molar-refractivity contribution is -0.154. The molecule has 3 aliphatic rings. The number of carbonyl (C=O) groups excluding carboxylic acids is 3. The zero-order valence-electron chi connectivity index (χ0n) is 13.1. The van der Waals surface area contributed by atoms with E-state index < -0.39 is 0 Å². The van der Waals surface area contributed by atoms with Gasteiger partial charge < -0.3 is 15.1 Å². The van der Waals surface area contributed by atoms with Gasteiger partial charge in [-0.05, 0) is 25.7 Å². The van der Waals surface area contributed by atoms with Crippen LogP contribution in [-0.2, 0) is 14.4 Å². The number of hydrogen-bond donors (Lipinski definition) is 1. The fourth-order valence-corrected chi connectivity index (χ4v) is 3.87. The molecule has 2 saturated heterocycles. The molecule has 0 spiro atoms. The predicted molar refractivity (Wildman–Crippen MR) is 80.9 cm³/mol. The Balaban J connectivity index is 1.54. The first-order valence-corrected chi connectivity index (χ1v) is 8.53. The Morgan fingerprint density at radius 1 is 1.05 bits per heavy atom. The summed E-state index contributed by atoms with van der Waals surface area (Å²) in [7, 11) is 0. The standard InChI is InChI=1S/C16H25N3O3/c20-14(17-12-6-3-1-2-4-7-12)10-18-11-15(21)19-9-5-8-13(19)16(18)22/h12-13H,1-11H2,(H,17,20). The van der Waals surface area contributed by atoms with E-state index in [0.29, 0.717) is 6.54 Å². The van der Waals surface area contributed by atoms with Crippen molar-refractivity contribution in [2.45, 2.75) is 63.5 Å². The highest BCUT2D eigenvalue weighted by molar-refractivity contribution is 5.97. The lowest BCUT2D eigenvalue weighted by Crippen LogP contribution is -2.59. The molecule has 0 aromatic rings. The molecule has 122 valence electrons. The molecule has 3 amide bonds. The Hall–Kier alpha value is -1.59. The third kappa shape index (κ3) is 3.25. The van der Waals surface area contributed by atoms with E-state index >= 15 is 0 Å². The Bertz CT molecular complexity index is 458. The van der Waals surface area contributed by atoms with Gasteiger partial charge in [0, 0.05) is 12.6 Å². The number of carbonyl (C=O) groups is 3. The van der Waals surface area contributed by atoms with Crippen molar-refractivity contribution in [2.24, 2.45) is 0 Å². The van der Waals surface area contributed by atoms with Crippen LogP contribution in [0.5, 0.6) is 0 Å². The summed E-state index contributed by atoms with van der Waals surface area (Å²) in [5.41, 5.74) is 0. The molecule has 0 bridgehead atoms. The average molecular weight is 307 g/mol. The van der Waals surface area contributed by atoms with Gasteiger partial charge in [0.05, 0.1) is 0 Å². The minimum atomic E-state index is -0.327. The van der Waals surface area contributed by atoms with E-state index in [0.717, 1.165) is 38.5 Å². The minimum Gasteiger partial charge on any atom is -0.352 e. The Morgan fingerprint density at radius 3 is 2.50 bits per heavy atom. The van der Waals surface area contributed by atoms with E-state index in [1.807, 2.05) is 0 Å². The van der Waals surface area contributed by atoms with Crippen LogP contribution in [0.3, 0.4) is 0 Å². The van der Waals surface area contributed by atoms with Crippen molar-refractivity contribution in [1.29, 1.82) is 0 Å². The Morgan fingerprint density at radius 2 is 1.77 bits per heavy atom. The number of nitrogens with one attached hydrogen (secondary N) is 1. The molecule has 2 aliphatic heterocycles. The van der Waals surface area contributed by atoms with Crippen molar-refractivity contribution in [3.63, 3.8) is 0 Å². The lowest BCUT2D eigenvalue weighted by atomic mass is 10.1. The molecule has 2 heterocycles. The molecule has 6 nitrogen and oxygen atoms in total. The molecule has 0 aromatic carbocycles. The summed E-state index contributed by atoms with van der Waals surface area (Å²) in [5, 5.41) is 3.04. The first-order chi connectivity index (χ1) is 10.6. The molecule has 1 atom stereocenters. The summed E-state index contributed by atoms with van der Waals surface area (Å²) in [6.07, 6.45) is 8.44. The molecule has 1 N–H and O–H groups in total. The smallest absolute Gasteiger partial charge is 0.246 e. The molecular weight excluding hydrogens is 282 g/mol. The fraction of sp³-hybridized carbons (Fsp3) is 0.812. The number of hydrogen-bond acceptors (Lipinski definition) is 3. The van der Waals surface area contributed by atoms with Crippen LogP contribution < -0.4 is 5.32 Å². The van der Waals surface area contributed by atoms with E-state index in [-0.39, 0.29) is 42.9 Å². The van der Waals surface area contributed by atoms with Gasteiger partial charge in [-0.15, -0.1) is 0 Å². The predicted octanol–water partition coefficient (Wildman–Crippen LogP) is 0.659. The first kappa shape index (κ1) is 15.3. The van der Waals surface area contributed by atoms with Crippen LogP contribution in [0.1, 0.15) is 51.4 Å². The topological polar surface area (TPSA) is 69.7 Å². The Labute approximate surface area is 131 Å². The summed E-state index contributed by atoms with van der Waals surface area (Å²) in [5.74, 6) is -0.211. The van der Waals surface area contributed by atoms with Crippen molar-refractivity contribution in [3.8, 4) is 0 Å². The maximum absolute atomic E-state index is 12.4. The Kier molecular flexibility index (Phi) is 4.64. The highest BCUT2D eigenvalue weighted by atomic mass is 16.2. The normalized spacial score (nSPS) is 26.8. The zero-order valence-corrected chi connectivity index (χ0v) is 13.1.